The van der Waals surface area contributed by atoms with Crippen molar-refractivity contribution in [1.29, 1.82) is 0 Å². The molecule has 0 unspecified atom stereocenters. The summed E-state index contributed by atoms with van der Waals surface area (Å²) < 4.78 is 38.4. The van der Waals surface area contributed by atoms with Gasteiger partial charge in [0.1, 0.15) is 11.5 Å². The Bertz CT molecular complexity index is 800. The van der Waals surface area contributed by atoms with Crippen molar-refractivity contribution < 1.29 is 17.9 Å². The van der Waals surface area contributed by atoms with Gasteiger partial charge in [-0.3, -0.25) is 4.72 Å². The summed E-state index contributed by atoms with van der Waals surface area (Å²) in [7, 11) is -2.20. The van der Waals surface area contributed by atoms with Crippen molar-refractivity contribution in [1.82, 2.24) is 0 Å². The van der Waals surface area contributed by atoms with Crippen LogP contribution < -0.4 is 14.2 Å². The highest BCUT2D eigenvalue weighted by atomic mass is 32.2. The normalized spacial score (nSPS) is 11.1. The zero-order valence-electron chi connectivity index (χ0n) is 13.7. The number of aryl methyl sites for hydroxylation is 2. The minimum atomic E-state index is -3.70. The van der Waals surface area contributed by atoms with Gasteiger partial charge in [0.25, 0.3) is 10.0 Å². The van der Waals surface area contributed by atoms with Gasteiger partial charge in [0, 0.05) is 0 Å². The van der Waals surface area contributed by atoms with Crippen molar-refractivity contribution in [3.8, 4) is 11.5 Å². The van der Waals surface area contributed by atoms with Gasteiger partial charge in [0.15, 0.2) is 0 Å². The minimum Gasteiger partial charge on any atom is -0.495 e. The average Bonchev–Trinajstić information content (AvgIpc) is 2.49. The molecule has 1 N–H and O–H groups in total. The summed E-state index contributed by atoms with van der Waals surface area (Å²) in [5.41, 5.74) is 2.12. The monoisotopic (exact) mass is 335 g/mol. The van der Waals surface area contributed by atoms with Crippen molar-refractivity contribution in [2.75, 3.05) is 18.4 Å². The lowest BCUT2D eigenvalue weighted by Gasteiger charge is -2.14. The van der Waals surface area contributed by atoms with Crippen LogP contribution >= 0.6 is 0 Å². The molecule has 0 saturated heterocycles. The van der Waals surface area contributed by atoms with Gasteiger partial charge in [-0.25, -0.2) is 8.42 Å². The van der Waals surface area contributed by atoms with E-state index in [2.05, 4.69) is 4.72 Å². The van der Waals surface area contributed by atoms with Crippen LogP contribution in [0.5, 0.6) is 11.5 Å². The van der Waals surface area contributed by atoms with Gasteiger partial charge in [-0.05, 0) is 62.2 Å². The Morgan fingerprint density at radius 2 is 1.74 bits per heavy atom. The van der Waals surface area contributed by atoms with Crippen LogP contribution in [-0.2, 0) is 10.0 Å². The first-order valence-corrected chi connectivity index (χ1v) is 8.76. The topological polar surface area (TPSA) is 64.6 Å². The number of ether oxygens (including phenoxy) is 2. The number of hydrogen-bond donors (Lipinski definition) is 1. The van der Waals surface area contributed by atoms with E-state index in [0.717, 1.165) is 11.1 Å². The maximum Gasteiger partial charge on any atom is 0.262 e. The number of benzene rings is 2. The third-order valence-corrected chi connectivity index (χ3v) is 4.72. The van der Waals surface area contributed by atoms with Crippen molar-refractivity contribution in [3.05, 3.63) is 47.5 Å². The first kappa shape index (κ1) is 17.1. The maximum atomic E-state index is 12.6. The van der Waals surface area contributed by atoms with Gasteiger partial charge >= 0.3 is 0 Å². The van der Waals surface area contributed by atoms with E-state index in [1.54, 1.807) is 24.3 Å². The van der Waals surface area contributed by atoms with Gasteiger partial charge in [-0.2, -0.15) is 0 Å². The molecule has 0 aliphatic heterocycles. The smallest absolute Gasteiger partial charge is 0.262 e. The van der Waals surface area contributed by atoms with Crippen LogP contribution in [0.15, 0.2) is 41.3 Å². The Kier molecular flexibility index (Phi) is 5.15. The molecule has 0 fully saturated rings. The first-order chi connectivity index (χ1) is 10.9. The van der Waals surface area contributed by atoms with E-state index in [1.165, 1.54) is 13.2 Å². The number of rotatable bonds is 6. The summed E-state index contributed by atoms with van der Waals surface area (Å²) in [5, 5.41) is 0. The minimum absolute atomic E-state index is 0.182. The number of anilines is 1. The Balaban J connectivity index is 2.36. The van der Waals surface area contributed by atoms with Gasteiger partial charge in [0.05, 0.1) is 24.3 Å². The molecule has 0 bridgehead atoms. The zero-order valence-corrected chi connectivity index (χ0v) is 14.5. The number of nitrogens with one attached hydrogen (secondary N) is 1. The molecule has 0 spiro atoms. The predicted molar refractivity (Wildman–Crippen MR) is 90.9 cm³/mol. The van der Waals surface area contributed by atoms with Crippen molar-refractivity contribution in [2.24, 2.45) is 0 Å². The second-order valence-corrected chi connectivity index (χ2v) is 6.85. The van der Waals surface area contributed by atoms with E-state index < -0.39 is 10.0 Å². The molecule has 2 aromatic carbocycles. The SMILES string of the molecule is CCOc1ccc(S(=O)(=O)Nc2cc(C)ccc2OC)cc1C. The predicted octanol–water partition coefficient (Wildman–Crippen LogP) is 3.51. The van der Waals surface area contributed by atoms with Crippen LogP contribution in [0.1, 0.15) is 18.1 Å². The molecule has 0 radical (unpaired) electrons. The van der Waals surface area contributed by atoms with Crippen LogP contribution in [0.4, 0.5) is 5.69 Å². The molecule has 5 nitrogen and oxygen atoms in total. The Hall–Kier alpha value is -2.21. The molecule has 0 aromatic heterocycles. The van der Waals surface area contributed by atoms with Gasteiger partial charge in [-0.1, -0.05) is 6.07 Å². The van der Waals surface area contributed by atoms with E-state index in [9.17, 15) is 8.42 Å². The van der Waals surface area contributed by atoms with Gasteiger partial charge in [0.2, 0.25) is 0 Å². The summed E-state index contributed by atoms with van der Waals surface area (Å²) in [6.07, 6.45) is 0. The first-order valence-electron chi connectivity index (χ1n) is 7.28. The molecule has 0 atom stereocenters. The Morgan fingerprint density at radius 1 is 1.04 bits per heavy atom. The molecule has 0 saturated carbocycles. The number of sulfonamides is 1. The lowest BCUT2D eigenvalue weighted by molar-refractivity contribution is 0.337. The summed E-state index contributed by atoms with van der Waals surface area (Å²) in [6.45, 7) is 6.12. The highest BCUT2D eigenvalue weighted by molar-refractivity contribution is 7.92. The molecule has 23 heavy (non-hydrogen) atoms. The van der Waals surface area contributed by atoms with Crippen molar-refractivity contribution in [2.45, 2.75) is 25.7 Å². The lowest BCUT2D eigenvalue weighted by Crippen LogP contribution is -2.14. The highest BCUT2D eigenvalue weighted by Crippen LogP contribution is 2.29. The van der Waals surface area contributed by atoms with E-state index in [-0.39, 0.29) is 4.90 Å². The van der Waals surface area contributed by atoms with Crippen LogP contribution in [0.25, 0.3) is 0 Å². The summed E-state index contributed by atoms with van der Waals surface area (Å²) in [5.74, 6) is 1.15. The van der Waals surface area contributed by atoms with Crippen LogP contribution in [0.3, 0.4) is 0 Å². The van der Waals surface area contributed by atoms with E-state index in [1.807, 2.05) is 26.8 Å². The molecule has 0 aliphatic carbocycles. The lowest BCUT2D eigenvalue weighted by atomic mass is 10.2. The number of hydrogen-bond acceptors (Lipinski definition) is 4. The number of methoxy groups -OCH3 is 1. The molecular formula is C17H21NO4S. The molecular weight excluding hydrogens is 314 g/mol. The molecule has 6 heteroatoms. The van der Waals surface area contributed by atoms with E-state index in [4.69, 9.17) is 9.47 Å². The van der Waals surface area contributed by atoms with E-state index >= 15 is 0 Å². The fraction of sp³-hybridized carbons (Fsp3) is 0.294. The van der Waals surface area contributed by atoms with Crippen LogP contribution in [-0.4, -0.2) is 22.1 Å². The fourth-order valence-electron chi connectivity index (χ4n) is 2.21. The van der Waals surface area contributed by atoms with Crippen LogP contribution in [0, 0.1) is 13.8 Å². The highest BCUT2D eigenvalue weighted by Gasteiger charge is 2.18. The van der Waals surface area contributed by atoms with Crippen LogP contribution in [0.2, 0.25) is 0 Å². The standard InChI is InChI=1S/C17H21NO4S/c1-5-22-16-9-7-14(11-13(16)3)23(19,20)18-15-10-12(2)6-8-17(15)21-4/h6-11,18H,5H2,1-4H3. The molecule has 2 aromatic rings. The van der Waals surface area contributed by atoms with Crippen molar-refractivity contribution in [3.63, 3.8) is 0 Å². The van der Waals surface area contributed by atoms with Gasteiger partial charge < -0.3 is 9.47 Å². The summed E-state index contributed by atoms with van der Waals surface area (Å²) in [6, 6.07) is 10.1. The molecule has 0 heterocycles. The van der Waals surface area contributed by atoms with E-state index in [0.29, 0.717) is 23.8 Å². The largest absolute Gasteiger partial charge is 0.495 e. The Labute approximate surface area is 137 Å². The second kappa shape index (κ2) is 6.91. The third kappa shape index (κ3) is 3.96. The maximum absolute atomic E-state index is 12.6. The quantitative estimate of drug-likeness (QED) is 0.877. The Morgan fingerprint density at radius 3 is 2.35 bits per heavy atom. The zero-order chi connectivity index (χ0) is 17.0. The summed E-state index contributed by atoms with van der Waals surface area (Å²) >= 11 is 0. The fourth-order valence-corrected chi connectivity index (χ4v) is 3.36. The molecule has 124 valence electrons. The summed E-state index contributed by atoms with van der Waals surface area (Å²) in [4.78, 5) is 0.182. The third-order valence-electron chi connectivity index (χ3n) is 3.36. The second-order valence-electron chi connectivity index (χ2n) is 5.17. The molecule has 0 amide bonds. The van der Waals surface area contributed by atoms with Crippen molar-refractivity contribution >= 4 is 15.7 Å². The molecule has 0 aliphatic rings. The average molecular weight is 335 g/mol. The molecule has 2 rings (SSSR count). The van der Waals surface area contributed by atoms with Gasteiger partial charge in [-0.15, -0.1) is 0 Å².